The number of unbranched alkanes of at least 4 members (excludes halogenated alkanes) is 5. The molecule has 0 radical (unpaired) electrons. The molecule has 0 atom stereocenters. The van der Waals surface area contributed by atoms with Crippen molar-refractivity contribution >= 4 is 0 Å². The van der Waals surface area contributed by atoms with E-state index in [0.29, 0.717) is 0 Å². The standard InChI is InChI=1S/C8H17.3Rb/c1-3-5-7-8-6-4-2;;;/h1,3-8H2,2H3;;;/q-1;3*+1. The first kappa shape index (κ1) is 25.3. The van der Waals surface area contributed by atoms with Gasteiger partial charge in [-0.1, -0.05) is 39.0 Å². The van der Waals surface area contributed by atoms with Crippen LogP contribution < -0.4 is 175 Å². The molecule has 0 N–H and O–H groups in total. The van der Waals surface area contributed by atoms with Gasteiger partial charge in [0.1, 0.15) is 0 Å². The van der Waals surface area contributed by atoms with Gasteiger partial charge >= 0.3 is 175 Å². The molecule has 0 nitrogen and oxygen atoms in total. The SMILES string of the molecule is [CH2-]CCCCCCC.[Rb+].[Rb+].[Rb+]. The molecule has 0 rings (SSSR count). The summed E-state index contributed by atoms with van der Waals surface area (Å²) < 4.78 is 0. The average molecular weight is 370 g/mol. The zero-order valence-corrected chi connectivity index (χ0v) is 23.7. The molecule has 0 fully saturated rings. The van der Waals surface area contributed by atoms with E-state index in [2.05, 4.69) is 13.8 Å². The van der Waals surface area contributed by atoms with Gasteiger partial charge in [0.05, 0.1) is 0 Å². The molecule has 0 aliphatic heterocycles. The smallest absolute Gasteiger partial charge is 0.343 e. The van der Waals surface area contributed by atoms with Gasteiger partial charge in [-0.05, 0) is 0 Å². The molecule has 0 aliphatic rings. The van der Waals surface area contributed by atoms with Gasteiger partial charge in [0.15, 0.2) is 0 Å². The Morgan fingerprint density at radius 1 is 0.818 bits per heavy atom. The summed E-state index contributed by atoms with van der Waals surface area (Å²) in [5, 5.41) is 0. The van der Waals surface area contributed by atoms with E-state index in [-0.39, 0.29) is 175 Å². The van der Waals surface area contributed by atoms with Gasteiger partial charge in [-0.15, -0.1) is 0 Å². The summed E-state index contributed by atoms with van der Waals surface area (Å²) in [5.74, 6) is 0. The van der Waals surface area contributed by atoms with Gasteiger partial charge in [-0.2, -0.15) is 6.42 Å². The van der Waals surface area contributed by atoms with Crippen molar-refractivity contribution < 1.29 is 175 Å². The molecular weight excluding hydrogens is 352 g/mol. The fourth-order valence-corrected chi connectivity index (χ4v) is 0.780. The van der Waals surface area contributed by atoms with Gasteiger partial charge in [-0.25, -0.2) is 0 Å². The molecular formula is C8H17Rb3+2. The Morgan fingerprint density at radius 3 is 1.64 bits per heavy atom. The largest absolute Gasteiger partial charge is 1.00 e. The maximum absolute atomic E-state index is 3.78. The Bertz CT molecular complexity index is 34.3. The van der Waals surface area contributed by atoms with Crippen molar-refractivity contribution in [1.29, 1.82) is 0 Å². The van der Waals surface area contributed by atoms with Gasteiger partial charge in [-0.3, -0.25) is 0 Å². The van der Waals surface area contributed by atoms with Gasteiger partial charge < -0.3 is 6.92 Å². The van der Waals surface area contributed by atoms with E-state index in [1.54, 1.807) is 0 Å². The minimum absolute atomic E-state index is 0. The molecule has 11 heavy (non-hydrogen) atoms. The molecule has 0 heterocycles. The molecule has 0 spiro atoms. The molecule has 0 unspecified atom stereocenters. The Kier molecular flexibility index (Phi) is 56.6. The van der Waals surface area contributed by atoms with Crippen molar-refractivity contribution in [2.24, 2.45) is 0 Å². The molecule has 0 aromatic carbocycles. The van der Waals surface area contributed by atoms with Gasteiger partial charge in [0.2, 0.25) is 0 Å². The zero-order chi connectivity index (χ0) is 6.24. The van der Waals surface area contributed by atoms with Crippen molar-refractivity contribution in [2.75, 3.05) is 0 Å². The van der Waals surface area contributed by atoms with E-state index in [9.17, 15) is 0 Å². The first-order chi connectivity index (χ1) is 3.91. The Labute approximate surface area is 219 Å². The van der Waals surface area contributed by atoms with Crippen LogP contribution in [0.1, 0.15) is 45.4 Å². The number of rotatable bonds is 5. The number of hydrogen-bond acceptors (Lipinski definition) is 0. The summed E-state index contributed by atoms with van der Waals surface area (Å²) in [7, 11) is 0. The third kappa shape index (κ3) is 25.6. The Morgan fingerprint density at radius 2 is 1.27 bits per heavy atom. The minimum atomic E-state index is 0. The predicted octanol–water partition coefficient (Wildman–Crippen LogP) is -5.81. The molecule has 0 bridgehead atoms. The first-order valence-corrected chi connectivity index (χ1v) is 3.71. The monoisotopic (exact) mass is 368 g/mol. The van der Waals surface area contributed by atoms with Crippen molar-refractivity contribution in [1.82, 2.24) is 0 Å². The van der Waals surface area contributed by atoms with Crippen LogP contribution >= 0.6 is 0 Å². The van der Waals surface area contributed by atoms with Crippen molar-refractivity contribution in [3.05, 3.63) is 6.92 Å². The molecule has 3 heteroatoms. The fourth-order valence-electron chi connectivity index (χ4n) is 0.780. The normalized spacial score (nSPS) is 7.09. The van der Waals surface area contributed by atoms with Crippen molar-refractivity contribution in [2.45, 2.75) is 45.4 Å². The maximum Gasteiger partial charge on any atom is 1.00 e. The second-order valence-electron chi connectivity index (χ2n) is 2.27. The first-order valence-electron chi connectivity index (χ1n) is 3.71. The molecule has 0 aromatic rings. The topological polar surface area (TPSA) is 0 Å². The zero-order valence-electron chi connectivity index (χ0n) is 8.95. The third-order valence-corrected chi connectivity index (χ3v) is 1.35. The van der Waals surface area contributed by atoms with Crippen LogP contribution in [0.25, 0.3) is 0 Å². The molecule has 0 aliphatic carbocycles. The second kappa shape index (κ2) is 24.6. The molecule has 0 saturated heterocycles. The molecule has 0 amide bonds. The van der Waals surface area contributed by atoms with E-state index in [1.165, 1.54) is 32.1 Å². The summed E-state index contributed by atoms with van der Waals surface area (Å²) >= 11 is 0. The fraction of sp³-hybridized carbons (Fsp3) is 0.875. The number of hydrogen-bond donors (Lipinski definition) is 0. The van der Waals surface area contributed by atoms with E-state index < -0.39 is 0 Å². The van der Waals surface area contributed by atoms with Crippen LogP contribution in [0.3, 0.4) is 0 Å². The van der Waals surface area contributed by atoms with Crippen molar-refractivity contribution in [3.8, 4) is 0 Å². The van der Waals surface area contributed by atoms with Gasteiger partial charge in [0.25, 0.3) is 0 Å². The predicted molar refractivity (Wildman–Crippen MR) is 38.7 cm³/mol. The van der Waals surface area contributed by atoms with Crippen LogP contribution in [0.5, 0.6) is 0 Å². The van der Waals surface area contributed by atoms with Crippen LogP contribution in [0.15, 0.2) is 0 Å². The van der Waals surface area contributed by atoms with Gasteiger partial charge in [0, 0.05) is 0 Å². The average Bonchev–Trinajstić information content (AvgIpc) is 1.81. The molecule has 0 saturated carbocycles. The van der Waals surface area contributed by atoms with Crippen LogP contribution in [-0.2, 0) is 0 Å². The van der Waals surface area contributed by atoms with Crippen LogP contribution in [-0.4, -0.2) is 0 Å². The summed E-state index contributed by atoms with van der Waals surface area (Å²) in [6.45, 7) is 6.02. The quantitative estimate of drug-likeness (QED) is 0.335. The Balaban J connectivity index is -0.0000000817. The van der Waals surface area contributed by atoms with E-state index >= 15 is 0 Å². The molecule has 50 valence electrons. The summed E-state index contributed by atoms with van der Waals surface area (Å²) in [5.41, 5.74) is 0. The Hall–Kier alpha value is 5.42. The van der Waals surface area contributed by atoms with E-state index in [0.717, 1.165) is 6.42 Å². The van der Waals surface area contributed by atoms with E-state index in [1.807, 2.05) is 0 Å². The second-order valence-corrected chi connectivity index (χ2v) is 2.27. The maximum atomic E-state index is 3.78. The summed E-state index contributed by atoms with van der Waals surface area (Å²) in [6.07, 6.45) is 7.98. The summed E-state index contributed by atoms with van der Waals surface area (Å²) in [6, 6.07) is 0. The van der Waals surface area contributed by atoms with Crippen molar-refractivity contribution in [3.63, 3.8) is 0 Å². The third-order valence-electron chi connectivity index (χ3n) is 1.35. The van der Waals surface area contributed by atoms with E-state index in [4.69, 9.17) is 0 Å². The van der Waals surface area contributed by atoms with Crippen LogP contribution in [0.4, 0.5) is 0 Å². The molecule has 0 aromatic heterocycles. The minimum Gasteiger partial charge on any atom is -0.343 e. The summed E-state index contributed by atoms with van der Waals surface area (Å²) in [4.78, 5) is 0. The van der Waals surface area contributed by atoms with Crippen LogP contribution in [0.2, 0.25) is 0 Å². The van der Waals surface area contributed by atoms with Crippen LogP contribution in [0, 0.1) is 6.92 Å².